The van der Waals surface area contributed by atoms with Crippen LogP contribution < -0.4 is 0 Å². The third-order valence-electron chi connectivity index (χ3n) is 10.3. The van der Waals surface area contributed by atoms with E-state index >= 15 is 0 Å². The fourth-order valence-electron chi connectivity index (χ4n) is 7.75. The maximum Gasteiger partial charge on any atom is 0.114 e. The summed E-state index contributed by atoms with van der Waals surface area (Å²) in [5.41, 5.74) is 7.85. The Morgan fingerprint density at radius 2 is 1.30 bits per heavy atom. The Labute approximate surface area is 294 Å². The Balaban J connectivity index is 1.28. The molecule has 0 aliphatic heterocycles. The molecular weight excluding hydrogens is 657 g/mol. The highest BCUT2D eigenvalue weighted by atomic mass is 32.1. The Morgan fingerprint density at radius 1 is 0.630 bits per heavy atom. The molecule has 0 saturated heterocycles. The smallest absolute Gasteiger partial charge is 0.114 e. The maximum atomic E-state index is 4.79. The molecule has 5 aromatic heterocycles. The van der Waals surface area contributed by atoms with Crippen LogP contribution in [-0.2, 0) is 5.41 Å². The fourth-order valence-corrected chi connectivity index (χ4v) is 12.6. The molecule has 0 N–H and O–H groups in total. The molecule has 240 valence electrons. The molecule has 0 spiro atoms. The van der Waals surface area contributed by atoms with Gasteiger partial charge in [0.1, 0.15) is 11.0 Å². The largest absolute Gasteiger partial charge is 0.172 e. The van der Waals surface area contributed by atoms with Crippen LogP contribution in [0.3, 0.4) is 0 Å². The van der Waals surface area contributed by atoms with E-state index in [9.17, 15) is 0 Å². The van der Waals surface area contributed by atoms with E-state index in [4.69, 9.17) is 8.75 Å². The van der Waals surface area contributed by atoms with E-state index in [0.29, 0.717) is 0 Å². The topological polar surface area (TPSA) is 25.8 Å². The third-order valence-corrected chi connectivity index (χ3v) is 15.3. The zero-order valence-electron chi connectivity index (χ0n) is 27.4. The molecule has 0 amide bonds. The quantitative estimate of drug-likeness (QED) is 0.107. The van der Waals surface area contributed by atoms with Gasteiger partial charge in [0.25, 0.3) is 0 Å². The SMILES string of the molecule is CCCCC(CC)CC1(CC(CC)CCCC)c2ccsc2-c2sc(-c3ccc(-c4ccc(-c5cccs5)c5nsnc45)s3)cc21. The van der Waals surface area contributed by atoms with Gasteiger partial charge in [0, 0.05) is 45.8 Å². The van der Waals surface area contributed by atoms with Crippen LogP contribution in [0.5, 0.6) is 0 Å². The molecule has 0 radical (unpaired) electrons. The molecule has 7 rings (SSSR count). The minimum Gasteiger partial charge on any atom is -0.172 e. The van der Waals surface area contributed by atoms with Crippen molar-refractivity contribution in [3.8, 4) is 40.4 Å². The van der Waals surface area contributed by atoms with Gasteiger partial charge in [-0.25, -0.2) is 0 Å². The highest BCUT2D eigenvalue weighted by Gasteiger charge is 2.47. The number of benzene rings is 1. The van der Waals surface area contributed by atoms with E-state index in [-0.39, 0.29) is 5.41 Å². The summed E-state index contributed by atoms with van der Waals surface area (Å²) >= 11 is 9.01. The van der Waals surface area contributed by atoms with Crippen molar-refractivity contribution in [1.82, 2.24) is 8.75 Å². The van der Waals surface area contributed by atoms with Gasteiger partial charge in [-0.1, -0.05) is 97.3 Å². The fraction of sp³-hybridized carbons (Fsp3) is 0.436. The van der Waals surface area contributed by atoms with Crippen LogP contribution in [-0.4, -0.2) is 8.75 Å². The van der Waals surface area contributed by atoms with E-state index < -0.39 is 0 Å². The number of hydrogen-bond acceptors (Lipinski definition) is 7. The molecule has 5 heterocycles. The first-order chi connectivity index (χ1) is 22.6. The van der Waals surface area contributed by atoms with E-state index in [1.54, 1.807) is 32.2 Å². The highest BCUT2D eigenvalue weighted by molar-refractivity contribution is 7.27. The van der Waals surface area contributed by atoms with E-state index in [1.807, 2.05) is 34.0 Å². The highest BCUT2D eigenvalue weighted by Crippen LogP contribution is 2.61. The summed E-state index contributed by atoms with van der Waals surface area (Å²) in [6.07, 6.45) is 13.1. The first-order valence-electron chi connectivity index (χ1n) is 17.2. The molecule has 46 heavy (non-hydrogen) atoms. The summed E-state index contributed by atoms with van der Waals surface area (Å²) in [4.78, 5) is 8.43. The molecule has 0 saturated carbocycles. The number of unbranched alkanes of at least 4 members (excludes halogenated alkanes) is 2. The normalized spacial score (nSPS) is 17.0. The Bertz CT molecular complexity index is 1870. The van der Waals surface area contributed by atoms with Crippen LogP contribution in [0, 0.1) is 11.8 Å². The second-order valence-electron chi connectivity index (χ2n) is 13.1. The van der Waals surface area contributed by atoms with E-state index in [0.717, 1.165) is 22.9 Å². The summed E-state index contributed by atoms with van der Waals surface area (Å²) in [7, 11) is 0. The molecule has 7 heteroatoms. The van der Waals surface area contributed by atoms with Crippen LogP contribution in [0.25, 0.3) is 51.4 Å². The van der Waals surface area contributed by atoms with Crippen molar-refractivity contribution in [2.75, 3.05) is 0 Å². The first-order valence-corrected chi connectivity index (χ1v) is 21.3. The van der Waals surface area contributed by atoms with Gasteiger partial charge in [0.15, 0.2) is 0 Å². The van der Waals surface area contributed by atoms with Crippen molar-refractivity contribution in [1.29, 1.82) is 0 Å². The summed E-state index contributed by atoms with van der Waals surface area (Å²) in [6, 6.07) is 18.6. The molecule has 1 aliphatic carbocycles. The molecule has 6 aromatic rings. The Kier molecular flexibility index (Phi) is 9.95. The average Bonchev–Trinajstić information content (AvgIpc) is 3.92. The van der Waals surface area contributed by atoms with Crippen molar-refractivity contribution in [3.05, 3.63) is 70.4 Å². The van der Waals surface area contributed by atoms with E-state index in [1.165, 1.54) is 107 Å². The molecule has 0 fully saturated rings. The van der Waals surface area contributed by atoms with Gasteiger partial charge in [0.05, 0.1) is 11.7 Å². The lowest BCUT2D eigenvalue weighted by atomic mass is 9.66. The maximum absolute atomic E-state index is 4.79. The number of nitrogens with zero attached hydrogens (tertiary/aromatic N) is 2. The summed E-state index contributed by atoms with van der Waals surface area (Å²) < 4.78 is 9.52. The number of aromatic nitrogens is 2. The van der Waals surface area contributed by atoms with Crippen molar-refractivity contribution < 1.29 is 0 Å². The molecule has 1 aliphatic rings. The minimum atomic E-state index is 0.137. The van der Waals surface area contributed by atoms with Crippen molar-refractivity contribution in [2.45, 2.75) is 97.3 Å². The number of fused-ring (bicyclic) bond motifs is 4. The third kappa shape index (κ3) is 5.89. The van der Waals surface area contributed by atoms with Crippen LogP contribution >= 0.6 is 57.1 Å². The monoisotopic (exact) mass is 700 g/mol. The molecule has 2 unspecified atom stereocenters. The summed E-state index contributed by atoms with van der Waals surface area (Å²) in [5.74, 6) is 1.54. The van der Waals surface area contributed by atoms with Gasteiger partial charge in [-0.3, -0.25) is 0 Å². The number of thiophene rings is 4. The standard InChI is InChI=1S/C39H44N2S5/c1-5-9-12-25(7-3)23-39(24-26(8-4)13-10-6-2)29-19-21-43-37(29)38-30(39)22-34(45-38)33-18-17-32(44-33)28-16-15-27(31-14-11-20-42-31)35-36(28)41-46-40-35/h11,14-22,25-26H,5-10,12-13,23-24H2,1-4H3. The number of hydrogen-bond donors (Lipinski definition) is 0. The lowest BCUT2D eigenvalue weighted by molar-refractivity contribution is 0.266. The molecule has 2 nitrogen and oxygen atoms in total. The predicted molar refractivity (Wildman–Crippen MR) is 207 cm³/mol. The van der Waals surface area contributed by atoms with Crippen molar-refractivity contribution in [3.63, 3.8) is 0 Å². The van der Waals surface area contributed by atoms with Gasteiger partial charge in [-0.05, 0) is 76.9 Å². The zero-order valence-corrected chi connectivity index (χ0v) is 31.5. The van der Waals surface area contributed by atoms with Gasteiger partial charge in [-0.2, -0.15) is 8.75 Å². The van der Waals surface area contributed by atoms with Crippen LogP contribution in [0.4, 0.5) is 0 Å². The van der Waals surface area contributed by atoms with Crippen LogP contribution in [0.15, 0.2) is 59.3 Å². The molecular formula is C39H44N2S5. The Morgan fingerprint density at radius 3 is 1.93 bits per heavy atom. The van der Waals surface area contributed by atoms with Crippen LogP contribution in [0.1, 0.15) is 103 Å². The number of rotatable bonds is 15. The lowest BCUT2D eigenvalue weighted by Gasteiger charge is -2.37. The predicted octanol–water partition coefficient (Wildman–Crippen LogP) is 14.4. The molecule has 2 atom stereocenters. The van der Waals surface area contributed by atoms with Gasteiger partial charge in [0.2, 0.25) is 0 Å². The van der Waals surface area contributed by atoms with Gasteiger partial charge < -0.3 is 0 Å². The van der Waals surface area contributed by atoms with Crippen molar-refractivity contribution >= 4 is 68.1 Å². The second-order valence-corrected chi connectivity index (χ2v) is 17.6. The molecule has 0 bridgehead atoms. The average molecular weight is 701 g/mol. The van der Waals surface area contributed by atoms with Crippen molar-refractivity contribution in [2.24, 2.45) is 11.8 Å². The minimum absolute atomic E-state index is 0.137. The summed E-state index contributed by atoms with van der Waals surface area (Å²) in [6.45, 7) is 9.56. The zero-order chi connectivity index (χ0) is 31.7. The van der Waals surface area contributed by atoms with Crippen LogP contribution in [0.2, 0.25) is 0 Å². The van der Waals surface area contributed by atoms with Gasteiger partial charge >= 0.3 is 0 Å². The van der Waals surface area contributed by atoms with E-state index in [2.05, 4.69) is 87.0 Å². The summed E-state index contributed by atoms with van der Waals surface area (Å²) in [5, 5.41) is 4.51. The second kappa shape index (κ2) is 14.1. The van der Waals surface area contributed by atoms with Gasteiger partial charge in [-0.15, -0.1) is 45.3 Å². The Hall–Kier alpha value is -2.16. The lowest BCUT2D eigenvalue weighted by Crippen LogP contribution is -2.31. The molecule has 1 aromatic carbocycles. The first kappa shape index (κ1) is 32.4.